The van der Waals surface area contributed by atoms with Crippen molar-refractivity contribution in [1.82, 2.24) is 24.3 Å². The van der Waals surface area contributed by atoms with Gasteiger partial charge in [0.1, 0.15) is 5.69 Å². The van der Waals surface area contributed by atoms with E-state index in [1.165, 1.54) is 0 Å². The highest BCUT2D eigenvalue weighted by Crippen LogP contribution is 2.23. The van der Waals surface area contributed by atoms with Crippen LogP contribution in [0.3, 0.4) is 0 Å². The number of carbonyl (C=O) groups excluding carboxylic acids is 1. The number of benzene rings is 1. The van der Waals surface area contributed by atoms with Crippen molar-refractivity contribution in [2.75, 3.05) is 31.5 Å². The molecule has 1 fully saturated rings. The number of para-hydroxylation sites is 1. The van der Waals surface area contributed by atoms with Crippen LogP contribution in [0.4, 0.5) is 38.0 Å². The number of aromatic nitrogens is 3. The number of amides is 1. The number of aliphatic carboxylic acids is 2. The fraction of sp³-hybridized carbons (Fsp3) is 0.370. The SMILES string of the molecule is CC(C)N1CCN(C(=O)c2cc(-c3cnc(Nc4ccccc4)nc3)cn2C)CC1.O=C(O)C(F)(F)F.O=C(O)C(F)(F)F. The number of nitrogens with one attached hydrogen (secondary N) is 1. The van der Waals surface area contributed by atoms with E-state index in [1.54, 1.807) is 12.4 Å². The third-order valence-electron chi connectivity index (χ3n) is 6.06. The molecule has 0 saturated carbocycles. The average molecular weight is 633 g/mol. The van der Waals surface area contributed by atoms with Crippen molar-refractivity contribution in [3.05, 3.63) is 60.7 Å². The summed E-state index contributed by atoms with van der Waals surface area (Å²) in [7, 11) is 1.91. The number of hydrogen-bond acceptors (Lipinski definition) is 7. The number of piperazine rings is 1. The van der Waals surface area contributed by atoms with Crippen LogP contribution >= 0.6 is 0 Å². The van der Waals surface area contributed by atoms with Crippen LogP contribution in [-0.2, 0) is 16.6 Å². The number of alkyl halides is 6. The molecule has 2 aromatic heterocycles. The van der Waals surface area contributed by atoms with Gasteiger partial charge in [0.25, 0.3) is 5.91 Å². The van der Waals surface area contributed by atoms with Crippen LogP contribution in [0.2, 0.25) is 0 Å². The number of rotatable bonds is 5. The van der Waals surface area contributed by atoms with Gasteiger partial charge in [-0.25, -0.2) is 19.6 Å². The standard InChI is InChI=1S/C23H28N6O.2C2HF3O2/c1-17(2)28-9-11-29(12-10-28)22(30)21-13-18(16-27(21)3)19-14-24-23(25-15-19)26-20-7-5-4-6-8-20;2*3-2(4,5)1(6)7/h4-8,13-17H,9-12H2,1-3H3,(H,24,25,26);2*(H,6,7). The molecule has 1 aromatic carbocycles. The highest BCUT2D eigenvalue weighted by Gasteiger charge is 2.38. The predicted molar refractivity (Wildman–Crippen MR) is 146 cm³/mol. The third kappa shape index (κ3) is 10.9. The second-order valence-electron chi connectivity index (χ2n) is 9.54. The number of carboxylic acids is 2. The smallest absolute Gasteiger partial charge is 0.475 e. The molecule has 0 bridgehead atoms. The summed E-state index contributed by atoms with van der Waals surface area (Å²) in [5.74, 6) is -4.89. The summed E-state index contributed by atoms with van der Waals surface area (Å²) in [6.07, 6.45) is -4.65. The van der Waals surface area contributed by atoms with Gasteiger partial charge in [-0.1, -0.05) is 18.2 Å². The number of carbonyl (C=O) groups is 3. The van der Waals surface area contributed by atoms with Crippen molar-refractivity contribution in [2.45, 2.75) is 32.2 Å². The molecule has 0 aliphatic carbocycles. The zero-order valence-corrected chi connectivity index (χ0v) is 23.7. The number of carboxylic acid groups (broad SMARTS) is 2. The second-order valence-corrected chi connectivity index (χ2v) is 9.54. The van der Waals surface area contributed by atoms with Gasteiger partial charge in [0.2, 0.25) is 5.95 Å². The van der Waals surface area contributed by atoms with Crippen molar-refractivity contribution in [3.63, 3.8) is 0 Å². The van der Waals surface area contributed by atoms with Gasteiger partial charge in [0, 0.05) is 74.7 Å². The maximum absolute atomic E-state index is 13.0. The molecule has 0 unspecified atom stereocenters. The number of aryl methyl sites for hydroxylation is 1. The first-order chi connectivity index (χ1) is 20.4. The summed E-state index contributed by atoms with van der Waals surface area (Å²) in [5.41, 5.74) is 3.45. The zero-order valence-electron chi connectivity index (χ0n) is 23.7. The first-order valence-corrected chi connectivity index (χ1v) is 12.8. The monoisotopic (exact) mass is 632 g/mol. The molecule has 4 rings (SSSR count). The highest BCUT2D eigenvalue weighted by molar-refractivity contribution is 5.94. The van der Waals surface area contributed by atoms with Crippen LogP contribution in [0.5, 0.6) is 0 Å². The van der Waals surface area contributed by atoms with Crippen LogP contribution in [0.25, 0.3) is 11.1 Å². The molecule has 1 aliphatic rings. The maximum Gasteiger partial charge on any atom is 0.490 e. The minimum Gasteiger partial charge on any atom is -0.475 e. The Labute approximate surface area is 247 Å². The molecular formula is C27H30F6N6O5. The maximum atomic E-state index is 13.0. The molecule has 44 heavy (non-hydrogen) atoms. The molecule has 0 atom stereocenters. The Morgan fingerprint density at radius 1 is 0.841 bits per heavy atom. The van der Waals surface area contributed by atoms with Gasteiger partial charge in [-0.05, 0) is 32.0 Å². The average Bonchev–Trinajstić information content (AvgIpc) is 3.34. The van der Waals surface area contributed by atoms with Gasteiger partial charge in [-0.15, -0.1) is 0 Å². The van der Waals surface area contributed by atoms with Gasteiger partial charge < -0.3 is 25.0 Å². The van der Waals surface area contributed by atoms with Crippen LogP contribution in [0, 0.1) is 0 Å². The summed E-state index contributed by atoms with van der Waals surface area (Å²) in [6.45, 7) is 7.77. The van der Waals surface area contributed by atoms with E-state index in [4.69, 9.17) is 19.8 Å². The van der Waals surface area contributed by atoms with Crippen LogP contribution in [-0.4, -0.2) is 97.0 Å². The molecule has 3 heterocycles. The van der Waals surface area contributed by atoms with E-state index >= 15 is 0 Å². The van der Waals surface area contributed by atoms with E-state index < -0.39 is 24.3 Å². The molecule has 3 N–H and O–H groups in total. The van der Waals surface area contributed by atoms with Crippen molar-refractivity contribution < 1.29 is 50.9 Å². The quantitative estimate of drug-likeness (QED) is 0.343. The Morgan fingerprint density at radius 2 is 1.32 bits per heavy atom. The minimum atomic E-state index is -5.08. The third-order valence-corrected chi connectivity index (χ3v) is 6.06. The summed E-state index contributed by atoms with van der Waals surface area (Å²) >= 11 is 0. The summed E-state index contributed by atoms with van der Waals surface area (Å²) in [5, 5.41) is 17.4. The molecule has 1 aliphatic heterocycles. The molecule has 0 spiro atoms. The molecular weight excluding hydrogens is 602 g/mol. The first kappa shape index (κ1) is 35.5. The van der Waals surface area contributed by atoms with E-state index in [0.29, 0.717) is 17.7 Å². The lowest BCUT2D eigenvalue weighted by atomic mass is 10.1. The van der Waals surface area contributed by atoms with E-state index in [9.17, 15) is 31.1 Å². The molecule has 0 radical (unpaired) electrons. The predicted octanol–water partition coefficient (Wildman–Crippen LogP) is 4.66. The van der Waals surface area contributed by atoms with E-state index in [1.807, 2.05) is 59.1 Å². The summed E-state index contributed by atoms with van der Waals surface area (Å²) in [4.78, 5) is 44.0. The van der Waals surface area contributed by atoms with Gasteiger partial charge in [-0.2, -0.15) is 26.3 Å². The van der Waals surface area contributed by atoms with Gasteiger partial charge in [-0.3, -0.25) is 9.69 Å². The largest absolute Gasteiger partial charge is 0.490 e. The first-order valence-electron chi connectivity index (χ1n) is 12.8. The summed E-state index contributed by atoms with van der Waals surface area (Å²) in [6, 6.07) is 12.3. The summed E-state index contributed by atoms with van der Waals surface area (Å²) < 4.78 is 65.4. The highest BCUT2D eigenvalue weighted by atomic mass is 19.4. The van der Waals surface area contributed by atoms with Gasteiger partial charge >= 0.3 is 24.3 Å². The number of halogens is 6. The van der Waals surface area contributed by atoms with Crippen molar-refractivity contribution in [2.24, 2.45) is 7.05 Å². The lowest BCUT2D eigenvalue weighted by Gasteiger charge is -2.36. The van der Waals surface area contributed by atoms with E-state index in [2.05, 4.69) is 34.0 Å². The Kier molecular flexibility index (Phi) is 12.3. The normalized spacial score (nSPS) is 13.7. The lowest BCUT2D eigenvalue weighted by molar-refractivity contribution is -0.193. The minimum absolute atomic E-state index is 0.0791. The molecule has 3 aromatic rings. The van der Waals surface area contributed by atoms with Crippen molar-refractivity contribution in [3.8, 4) is 11.1 Å². The Bertz CT molecular complexity index is 1360. The van der Waals surface area contributed by atoms with Gasteiger partial charge in [0.05, 0.1) is 0 Å². The number of hydrogen-bond donors (Lipinski definition) is 3. The lowest BCUT2D eigenvalue weighted by Crippen LogP contribution is -2.50. The Hall–Kier alpha value is -4.67. The van der Waals surface area contributed by atoms with E-state index in [-0.39, 0.29) is 5.91 Å². The molecule has 1 saturated heterocycles. The van der Waals surface area contributed by atoms with Crippen molar-refractivity contribution in [1.29, 1.82) is 0 Å². The topological polar surface area (TPSA) is 141 Å². The van der Waals surface area contributed by atoms with E-state index in [0.717, 1.165) is 43.0 Å². The zero-order chi connectivity index (χ0) is 33.2. The number of anilines is 2. The Balaban J connectivity index is 0.000000402. The fourth-order valence-electron chi connectivity index (χ4n) is 3.73. The van der Waals surface area contributed by atoms with Crippen LogP contribution in [0.15, 0.2) is 55.0 Å². The molecule has 11 nitrogen and oxygen atoms in total. The molecule has 17 heteroatoms. The second kappa shape index (κ2) is 15.2. The molecule has 1 amide bonds. The molecule has 240 valence electrons. The van der Waals surface area contributed by atoms with Crippen molar-refractivity contribution >= 4 is 29.5 Å². The fourth-order valence-corrected chi connectivity index (χ4v) is 3.73. The van der Waals surface area contributed by atoms with Gasteiger partial charge in [0.15, 0.2) is 0 Å². The number of nitrogens with zero attached hydrogens (tertiary/aromatic N) is 5. The van der Waals surface area contributed by atoms with Crippen LogP contribution < -0.4 is 5.32 Å². The van der Waals surface area contributed by atoms with Crippen LogP contribution in [0.1, 0.15) is 24.3 Å². The Morgan fingerprint density at radius 3 is 1.75 bits per heavy atom.